The molecule has 0 aliphatic heterocycles. The lowest BCUT2D eigenvalue weighted by molar-refractivity contribution is -0.137. The van der Waals surface area contributed by atoms with Crippen molar-refractivity contribution < 1.29 is 29.7 Å². The van der Waals surface area contributed by atoms with Crippen LogP contribution in [0, 0.1) is 0 Å². The molecule has 6 heteroatoms. The highest BCUT2D eigenvalue weighted by molar-refractivity contribution is 5.80. The van der Waals surface area contributed by atoms with Gasteiger partial charge in [-0.1, -0.05) is 96.3 Å². The first-order valence-electron chi connectivity index (χ1n) is 10.7. The molecule has 170 valence electrons. The normalized spacial score (nSPS) is 10.2. The van der Waals surface area contributed by atoms with E-state index >= 15 is 0 Å². The highest BCUT2D eigenvalue weighted by Gasteiger charge is 1.92. The molecule has 6 nitrogen and oxygen atoms in total. The number of carbonyl (C=O) groups is 3. The summed E-state index contributed by atoms with van der Waals surface area (Å²) in [6, 6.07) is 0. The van der Waals surface area contributed by atoms with Gasteiger partial charge in [-0.15, -0.1) is 0 Å². The van der Waals surface area contributed by atoms with Crippen LogP contribution in [0.4, 0.5) is 0 Å². The molecule has 0 aromatic heterocycles. The SMILES string of the molecule is CC(=O)O.CCC(=O)O.CCCCCCCCCCCCCC=CC=CC(=O)O. The quantitative estimate of drug-likeness (QED) is 0.161. The molecule has 0 rings (SSSR count). The van der Waals surface area contributed by atoms with Gasteiger partial charge in [0.05, 0.1) is 0 Å². The molecule has 0 amide bonds. The molecule has 0 aromatic carbocycles. The maximum atomic E-state index is 10.2. The van der Waals surface area contributed by atoms with Crippen LogP contribution in [0.3, 0.4) is 0 Å². The highest BCUT2D eigenvalue weighted by atomic mass is 16.4. The zero-order chi connectivity index (χ0) is 22.8. The Bertz CT molecular complexity index is 437. The molecular formula is C23H42O6. The summed E-state index contributed by atoms with van der Waals surface area (Å²) in [4.78, 5) is 28.6. The van der Waals surface area contributed by atoms with E-state index in [2.05, 4.69) is 6.92 Å². The number of allylic oxidation sites excluding steroid dienone is 3. The van der Waals surface area contributed by atoms with E-state index in [0.29, 0.717) is 0 Å². The second-order valence-electron chi connectivity index (χ2n) is 6.72. The van der Waals surface area contributed by atoms with Crippen LogP contribution < -0.4 is 0 Å². The number of aliphatic carboxylic acids is 3. The van der Waals surface area contributed by atoms with Crippen LogP contribution in [0.15, 0.2) is 24.3 Å². The minimum absolute atomic E-state index is 0.222. The second-order valence-corrected chi connectivity index (χ2v) is 6.72. The van der Waals surface area contributed by atoms with Crippen molar-refractivity contribution in [3.63, 3.8) is 0 Å². The minimum atomic E-state index is -0.885. The van der Waals surface area contributed by atoms with E-state index in [0.717, 1.165) is 19.4 Å². The molecule has 0 saturated heterocycles. The highest BCUT2D eigenvalue weighted by Crippen LogP contribution is 2.11. The van der Waals surface area contributed by atoms with Crippen molar-refractivity contribution >= 4 is 17.9 Å². The van der Waals surface area contributed by atoms with E-state index in [1.807, 2.05) is 12.2 Å². The number of hydrogen-bond acceptors (Lipinski definition) is 3. The molecule has 0 radical (unpaired) electrons. The third kappa shape index (κ3) is 51.8. The van der Waals surface area contributed by atoms with Gasteiger partial charge in [-0.05, 0) is 12.8 Å². The Balaban J connectivity index is -0.000000623. The summed E-state index contributed by atoms with van der Waals surface area (Å²) in [5, 5.41) is 23.5. The second kappa shape index (κ2) is 28.1. The number of unbranched alkanes of at least 4 members (excludes halogenated alkanes) is 11. The van der Waals surface area contributed by atoms with E-state index in [9.17, 15) is 9.59 Å². The maximum absolute atomic E-state index is 10.2. The van der Waals surface area contributed by atoms with Crippen LogP contribution in [0.1, 0.15) is 104 Å². The summed E-state index contributed by atoms with van der Waals surface area (Å²) in [7, 11) is 0. The molecule has 0 aromatic rings. The first-order valence-corrected chi connectivity index (χ1v) is 10.7. The largest absolute Gasteiger partial charge is 0.481 e. The Morgan fingerprint density at radius 2 is 1.07 bits per heavy atom. The van der Waals surface area contributed by atoms with Crippen LogP contribution in [0.5, 0.6) is 0 Å². The molecule has 3 N–H and O–H groups in total. The predicted molar refractivity (Wildman–Crippen MR) is 118 cm³/mol. The van der Waals surface area contributed by atoms with Crippen molar-refractivity contribution in [2.75, 3.05) is 0 Å². The summed E-state index contributed by atoms with van der Waals surface area (Å²) in [6.07, 6.45) is 22.9. The number of carboxylic acids is 3. The van der Waals surface area contributed by atoms with Crippen molar-refractivity contribution in [1.82, 2.24) is 0 Å². The fourth-order valence-electron chi connectivity index (χ4n) is 2.24. The van der Waals surface area contributed by atoms with Crippen molar-refractivity contribution in [3.8, 4) is 0 Å². The molecule has 0 fully saturated rings. The van der Waals surface area contributed by atoms with Crippen molar-refractivity contribution in [3.05, 3.63) is 24.3 Å². The van der Waals surface area contributed by atoms with Gasteiger partial charge < -0.3 is 15.3 Å². The number of hydrogen-bond donors (Lipinski definition) is 3. The first-order chi connectivity index (χ1) is 13.8. The summed E-state index contributed by atoms with van der Waals surface area (Å²) < 4.78 is 0. The zero-order valence-electron chi connectivity index (χ0n) is 18.6. The third-order valence-electron chi connectivity index (χ3n) is 3.76. The topological polar surface area (TPSA) is 112 Å². The van der Waals surface area contributed by atoms with Gasteiger partial charge in [0.25, 0.3) is 5.97 Å². The Morgan fingerprint density at radius 1 is 0.690 bits per heavy atom. The molecule has 0 unspecified atom stereocenters. The zero-order valence-corrected chi connectivity index (χ0v) is 18.6. The van der Waals surface area contributed by atoms with E-state index in [4.69, 9.17) is 20.1 Å². The van der Waals surface area contributed by atoms with Gasteiger partial charge >= 0.3 is 11.9 Å². The van der Waals surface area contributed by atoms with E-state index in [-0.39, 0.29) is 6.42 Å². The lowest BCUT2D eigenvalue weighted by Crippen LogP contribution is -1.86. The van der Waals surface area contributed by atoms with Gasteiger partial charge in [0.2, 0.25) is 0 Å². The standard InChI is InChI=1S/C18H32O2.C3H6O2.C2H4O2/c1-2-3-4-5-6-7-8-9-10-11-12-13-14-15-16-17-18(19)20;1-2-3(4)5;1-2(3)4/h14-17H,2-13H2,1H3,(H,19,20);2H2,1H3,(H,4,5);1H3,(H,3,4). The fourth-order valence-corrected chi connectivity index (χ4v) is 2.24. The molecule has 0 saturated carbocycles. The minimum Gasteiger partial charge on any atom is -0.481 e. The van der Waals surface area contributed by atoms with Crippen molar-refractivity contribution in [2.45, 2.75) is 104 Å². The van der Waals surface area contributed by atoms with Crippen molar-refractivity contribution in [2.24, 2.45) is 0 Å². The third-order valence-corrected chi connectivity index (χ3v) is 3.76. The average Bonchev–Trinajstić information content (AvgIpc) is 2.64. The summed E-state index contributed by atoms with van der Waals surface area (Å²) >= 11 is 0. The summed E-state index contributed by atoms with van der Waals surface area (Å²) in [6.45, 7) is 4.94. The number of rotatable bonds is 15. The summed E-state index contributed by atoms with van der Waals surface area (Å²) in [5.74, 6) is -2.46. The smallest absolute Gasteiger partial charge is 0.328 e. The Labute approximate surface area is 176 Å². The fraction of sp³-hybridized carbons (Fsp3) is 0.696. The molecule has 0 aliphatic rings. The van der Waals surface area contributed by atoms with E-state index in [1.165, 1.54) is 70.6 Å². The van der Waals surface area contributed by atoms with Gasteiger partial charge in [-0.2, -0.15) is 0 Å². The van der Waals surface area contributed by atoms with Crippen LogP contribution in [-0.2, 0) is 14.4 Å². The first kappa shape index (κ1) is 31.6. The van der Waals surface area contributed by atoms with Crippen LogP contribution in [0.2, 0.25) is 0 Å². The Kier molecular flexibility index (Phi) is 30.6. The molecule has 29 heavy (non-hydrogen) atoms. The van der Waals surface area contributed by atoms with Gasteiger partial charge in [0.15, 0.2) is 0 Å². The lowest BCUT2D eigenvalue weighted by Gasteiger charge is -2.01. The Hall–Kier alpha value is -2.11. The molecule has 0 spiro atoms. The summed E-state index contributed by atoms with van der Waals surface area (Å²) in [5.41, 5.74) is 0. The molecule has 0 atom stereocenters. The van der Waals surface area contributed by atoms with Crippen LogP contribution in [0.25, 0.3) is 0 Å². The van der Waals surface area contributed by atoms with Crippen LogP contribution in [-0.4, -0.2) is 33.2 Å². The molecular weight excluding hydrogens is 372 g/mol. The van der Waals surface area contributed by atoms with Gasteiger partial charge in [0, 0.05) is 19.4 Å². The number of carboxylic acid groups (broad SMARTS) is 3. The molecule has 0 aliphatic carbocycles. The predicted octanol–water partition coefficient (Wildman–Crippen LogP) is 6.46. The molecule has 0 bridgehead atoms. The van der Waals surface area contributed by atoms with Gasteiger partial charge in [-0.3, -0.25) is 9.59 Å². The van der Waals surface area contributed by atoms with Gasteiger partial charge in [0.1, 0.15) is 0 Å². The monoisotopic (exact) mass is 414 g/mol. The lowest BCUT2D eigenvalue weighted by atomic mass is 10.1. The average molecular weight is 415 g/mol. The van der Waals surface area contributed by atoms with E-state index < -0.39 is 17.9 Å². The van der Waals surface area contributed by atoms with Gasteiger partial charge in [-0.25, -0.2) is 4.79 Å². The maximum Gasteiger partial charge on any atom is 0.328 e. The van der Waals surface area contributed by atoms with Crippen LogP contribution >= 0.6 is 0 Å². The van der Waals surface area contributed by atoms with Crippen molar-refractivity contribution in [1.29, 1.82) is 0 Å². The Morgan fingerprint density at radius 3 is 1.41 bits per heavy atom. The van der Waals surface area contributed by atoms with E-state index in [1.54, 1.807) is 13.0 Å². The molecule has 0 heterocycles.